The molecule has 154 valence electrons. The van der Waals surface area contributed by atoms with E-state index in [1.54, 1.807) is 12.1 Å². The second-order valence-corrected chi connectivity index (χ2v) is 9.38. The largest absolute Gasteiger partial charge is 0.337 e. The Balaban J connectivity index is 2.12. The number of carbonyl (C=O) groups excluding carboxylic acids is 1. The molecule has 2 rings (SSSR count). The van der Waals surface area contributed by atoms with Crippen molar-refractivity contribution in [3.05, 3.63) is 29.8 Å². The maximum atomic E-state index is 13.1. The molecule has 0 aromatic heterocycles. The summed E-state index contributed by atoms with van der Waals surface area (Å²) in [5.74, 6) is 2.75. The van der Waals surface area contributed by atoms with Crippen molar-refractivity contribution in [1.29, 1.82) is 0 Å². The molecule has 1 aromatic carbocycles. The Hall–Kier alpha value is -1.88. The van der Waals surface area contributed by atoms with Crippen molar-refractivity contribution in [1.82, 2.24) is 14.5 Å². The van der Waals surface area contributed by atoms with Crippen molar-refractivity contribution >= 4 is 15.9 Å². The topological polar surface area (TPSA) is 69.7 Å². The lowest BCUT2D eigenvalue weighted by Crippen LogP contribution is -2.40. The summed E-state index contributed by atoms with van der Waals surface area (Å²) in [7, 11) is 0.331. The van der Waals surface area contributed by atoms with E-state index in [2.05, 4.69) is 15.5 Å². The summed E-state index contributed by atoms with van der Waals surface area (Å²) >= 11 is 0. The highest BCUT2D eigenvalue weighted by molar-refractivity contribution is 7.89. The SMILES string of the molecule is C#CCNS(=O)(=O)c1ccc(C(=O)N(CCN(C)C)CC2CCCCC2)cc1. The maximum absolute atomic E-state index is 13.1. The lowest BCUT2D eigenvalue weighted by molar-refractivity contribution is 0.0701. The van der Waals surface area contributed by atoms with E-state index in [0.29, 0.717) is 18.0 Å². The average molecular weight is 406 g/mol. The van der Waals surface area contributed by atoms with Crippen molar-refractivity contribution in [2.45, 2.75) is 37.0 Å². The van der Waals surface area contributed by atoms with Gasteiger partial charge in [-0.3, -0.25) is 4.79 Å². The van der Waals surface area contributed by atoms with E-state index in [-0.39, 0.29) is 17.3 Å². The normalized spacial score (nSPS) is 15.4. The molecular weight excluding hydrogens is 374 g/mol. The minimum atomic E-state index is -3.65. The van der Waals surface area contributed by atoms with Gasteiger partial charge in [0.25, 0.3) is 5.91 Å². The third kappa shape index (κ3) is 6.62. The Morgan fingerprint density at radius 3 is 2.36 bits per heavy atom. The van der Waals surface area contributed by atoms with E-state index in [1.165, 1.54) is 44.2 Å². The number of nitrogens with one attached hydrogen (secondary N) is 1. The zero-order chi connectivity index (χ0) is 20.6. The Morgan fingerprint density at radius 1 is 1.14 bits per heavy atom. The highest BCUT2D eigenvalue weighted by atomic mass is 32.2. The molecule has 0 aliphatic heterocycles. The Labute approximate surface area is 169 Å². The molecule has 0 heterocycles. The fraction of sp³-hybridized carbons (Fsp3) is 0.571. The molecule has 0 spiro atoms. The van der Waals surface area contributed by atoms with Crippen LogP contribution in [0.2, 0.25) is 0 Å². The fourth-order valence-corrected chi connectivity index (χ4v) is 4.39. The van der Waals surface area contributed by atoms with Crippen molar-refractivity contribution in [2.24, 2.45) is 5.92 Å². The third-order valence-corrected chi connectivity index (χ3v) is 6.50. The van der Waals surface area contributed by atoms with Crippen LogP contribution in [0.15, 0.2) is 29.2 Å². The molecule has 0 unspecified atom stereocenters. The van der Waals surface area contributed by atoms with Crippen LogP contribution in [0.25, 0.3) is 0 Å². The van der Waals surface area contributed by atoms with Gasteiger partial charge in [-0.05, 0) is 57.1 Å². The van der Waals surface area contributed by atoms with Crippen LogP contribution in [0.1, 0.15) is 42.5 Å². The molecule has 1 fully saturated rings. The smallest absolute Gasteiger partial charge is 0.253 e. The van der Waals surface area contributed by atoms with Crippen LogP contribution in [0.3, 0.4) is 0 Å². The maximum Gasteiger partial charge on any atom is 0.253 e. The molecule has 0 atom stereocenters. The van der Waals surface area contributed by atoms with Gasteiger partial charge in [0.2, 0.25) is 10.0 Å². The summed E-state index contributed by atoms with van der Waals surface area (Å²) in [6, 6.07) is 6.07. The Bertz CT molecular complexity index is 776. The highest BCUT2D eigenvalue weighted by Crippen LogP contribution is 2.25. The van der Waals surface area contributed by atoms with E-state index >= 15 is 0 Å². The molecule has 1 aromatic rings. The molecule has 1 N–H and O–H groups in total. The number of likely N-dealkylation sites (N-methyl/N-ethyl adjacent to an activating group) is 1. The number of carbonyl (C=O) groups is 1. The average Bonchev–Trinajstić information content (AvgIpc) is 2.70. The minimum Gasteiger partial charge on any atom is -0.337 e. The number of nitrogens with zero attached hydrogens (tertiary/aromatic N) is 2. The van der Waals surface area contributed by atoms with Crippen LogP contribution in [0.4, 0.5) is 0 Å². The number of hydrogen-bond donors (Lipinski definition) is 1. The molecule has 1 aliphatic carbocycles. The number of sulfonamides is 1. The molecule has 1 saturated carbocycles. The van der Waals surface area contributed by atoms with E-state index in [1.807, 2.05) is 19.0 Å². The van der Waals surface area contributed by atoms with E-state index in [9.17, 15) is 13.2 Å². The minimum absolute atomic E-state index is 0.0482. The van der Waals surface area contributed by atoms with Gasteiger partial charge in [-0.25, -0.2) is 8.42 Å². The third-order valence-electron chi connectivity index (χ3n) is 5.08. The first-order valence-corrected chi connectivity index (χ1v) is 11.3. The predicted molar refractivity (Wildman–Crippen MR) is 111 cm³/mol. The summed E-state index contributed by atoms with van der Waals surface area (Å²) in [6.07, 6.45) is 11.2. The van der Waals surface area contributed by atoms with Crippen molar-refractivity contribution in [2.75, 3.05) is 40.3 Å². The molecule has 7 heteroatoms. The number of rotatable bonds is 9. The number of hydrogen-bond acceptors (Lipinski definition) is 4. The first kappa shape index (κ1) is 22.4. The summed E-state index contributed by atoms with van der Waals surface area (Å²) in [5, 5.41) is 0. The van der Waals surface area contributed by atoms with Gasteiger partial charge in [-0.2, -0.15) is 4.72 Å². The zero-order valence-corrected chi connectivity index (χ0v) is 17.7. The molecule has 1 aliphatic rings. The van der Waals surface area contributed by atoms with Crippen molar-refractivity contribution in [3.8, 4) is 12.3 Å². The van der Waals surface area contributed by atoms with Crippen LogP contribution in [-0.4, -0.2) is 64.4 Å². The van der Waals surface area contributed by atoms with Gasteiger partial charge in [0.15, 0.2) is 0 Å². The molecule has 6 nitrogen and oxygen atoms in total. The van der Waals surface area contributed by atoms with E-state index < -0.39 is 10.0 Å². The standard InChI is InChI=1S/C21H31N3O3S/c1-4-14-22-28(26,27)20-12-10-19(11-13-20)21(25)24(16-15-23(2)3)17-18-8-6-5-7-9-18/h1,10-13,18,22H,5-9,14-17H2,2-3H3. The second-order valence-electron chi connectivity index (χ2n) is 7.61. The van der Waals surface area contributed by atoms with Crippen LogP contribution in [-0.2, 0) is 10.0 Å². The molecule has 0 bridgehead atoms. The van der Waals surface area contributed by atoms with Gasteiger partial charge in [-0.1, -0.05) is 25.2 Å². The summed E-state index contributed by atoms with van der Waals surface area (Å²) in [4.78, 5) is 17.2. The first-order valence-electron chi connectivity index (χ1n) is 9.80. The Kier molecular flexibility index (Phi) is 8.49. The second kappa shape index (κ2) is 10.6. The van der Waals surface area contributed by atoms with Gasteiger partial charge in [-0.15, -0.1) is 6.42 Å². The van der Waals surface area contributed by atoms with Crippen LogP contribution < -0.4 is 4.72 Å². The van der Waals surface area contributed by atoms with Gasteiger partial charge < -0.3 is 9.80 Å². The highest BCUT2D eigenvalue weighted by Gasteiger charge is 2.22. The van der Waals surface area contributed by atoms with Crippen LogP contribution in [0.5, 0.6) is 0 Å². The van der Waals surface area contributed by atoms with Crippen molar-refractivity contribution in [3.63, 3.8) is 0 Å². The lowest BCUT2D eigenvalue weighted by atomic mass is 9.89. The first-order chi connectivity index (χ1) is 13.3. The quantitative estimate of drug-likeness (QED) is 0.640. The molecule has 0 radical (unpaired) electrons. The summed E-state index contributed by atoms with van der Waals surface area (Å²) in [6.45, 7) is 2.15. The van der Waals surface area contributed by atoms with Gasteiger partial charge >= 0.3 is 0 Å². The van der Waals surface area contributed by atoms with E-state index in [0.717, 1.165) is 13.1 Å². The fourth-order valence-electron chi connectivity index (χ4n) is 3.46. The van der Waals surface area contributed by atoms with Gasteiger partial charge in [0, 0.05) is 25.2 Å². The van der Waals surface area contributed by atoms with Gasteiger partial charge in [0.05, 0.1) is 11.4 Å². The molecule has 0 saturated heterocycles. The molecular formula is C21H31N3O3S. The van der Waals surface area contributed by atoms with Gasteiger partial charge in [0.1, 0.15) is 0 Å². The van der Waals surface area contributed by atoms with Crippen LogP contribution >= 0.6 is 0 Å². The zero-order valence-electron chi connectivity index (χ0n) is 16.9. The number of amides is 1. The van der Waals surface area contributed by atoms with E-state index in [4.69, 9.17) is 6.42 Å². The van der Waals surface area contributed by atoms with Crippen LogP contribution in [0, 0.1) is 18.3 Å². The summed E-state index contributed by atoms with van der Waals surface area (Å²) in [5.41, 5.74) is 0.505. The Morgan fingerprint density at radius 2 is 1.79 bits per heavy atom. The van der Waals surface area contributed by atoms with Crippen molar-refractivity contribution < 1.29 is 13.2 Å². The lowest BCUT2D eigenvalue weighted by Gasteiger charge is -2.30. The number of terminal acetylenes is 1. The number of benzene rings is 1. The predicted octanol–water partition coefficient (Wildman–Crippen LogP) is 2.18. The summed E-state index contributed by atoms with van der Waals surface area (Å²) < 4.78 is 26.6. The monoisotopic (exact) mass is 405 g/mol. The molecule has 28 heavy (non-hydrogen) atoms. The molecule has 1 amide bonds.